The number of nitrogens with zero attached hydrogens (tertiary/aromatic N) is 1. The van der Waals surface area contributed by atoms with Crippen LogP contribution in [0.25, 0.3) is 0 Å². The molecular weight excluding hydrogens is 224 g/mol. The van der Waals surface area contributed by atoms with E-state index < -0.39 is 0 Å². The zero-order chi connectivity index (χ0) is 11.1. The zero-order valence-electron chi connectivity index (χ0n) is 8.87. The summed E-state index contributed by atoms with van der Waals surface area (Å²) in [6, 6.07) is 5.86. The first kappa shape index (κ1) is 9.97. The second-order valence-electron chi connectivity index (χ2n) is 4.33. The van der Waals surface area contributed by atoms with Crippen LogP contribution >= 0.6 is 11.6 Å². The van der Waals surface area contributed by atoms with E-state index in [-0.39, 0.29) is 11.9 Å². The molecule has 16 heavy (non-hydrogen) atoms. The van der Waals surface area contributed by atoms with Gasteiger partial charge in [-0.3, -0.25) is 4.79 Å². The zero-order valence-corrected chi connectivity index (χ0v) is 9.63. The van der Waals surface area contributed by atoms with E-state index in [0.717, 1.165) is 36.6 Å². The number of benzene rings is 1. The number of fused-ring (bicyclic) bond motifs is 3. The fourth-order valence-corrected chi connectivity index (χ4v) is 2.72. The van der Waals surface area contributed by atoms with E-state index in [9.17, 15) is 4.79 Å². The van der Waals surface area contributed by atoms with Gasteiger partial charge in [-0.2, -0.15) is 0 Å². The fourth-order valence-electron chi connectivity index (χ4n) is 2.55. The molecule has 1 unspecified atom stereocenters. The number of hydrogen-bond acceptors (Lipinski definition) is 2. The highest BCUT2D eigenvalue weighted by Gasteiger charge is 2.35. The third kappa shape index (κ3) is 1.47. The van der Waals surface area contributed by atoms with E-state index in [2.05, 4.69) is 10.2 Å². The Kier molecular flexibility index (Phi) is 2.28. The van der Waals surface area contributed by atoms with Crippen molar-refractivity contribution in [1.82, 2.24) is 5.32 Å². The average molecular weight is 237 g/mol. The molecule has 2 aliphatic rings. The largest absolute Gasteiger partial charge is 0.359 e. The van der Waals surface area contributed by atoms with Crippen LogP contribution in [0.3, 0.4) is 0 Å². The van der Waals surface area contributed by atoms with Gasteiger partial charge in [0.1, 0.15) is 6.04 Å². The lowest BCUT2D eigenvalue weighted by atomic mass is 10.1. The van der Waals surface area contributed by atoms with Crippen molar-refractivity contribution in [3.8, 4) is 0 Å². The second-order valence-corrected chi connectivity index (χ2v) is 4.77. The monoisotopic (exact) mass is 236 g/mol. The van der Waals surface area contributed by atoms with E-state index >= 15 is 0 Å². The second kappa shape index (κ2) is 3.67. The smallest absolute Gasteiger partial charge is 0.243 e. The van der Waals surface area contributed by atoms with E-state index in [4.69, 9.17) is 11.6 Å². The highest BCUT2D eigenvalue weighted by Crippen LogP contribution is 2.35. The van der Waals surface area contributed by atoms with Crippen LogP contribution in [0.4, 0.5) is 5.69 Å². The molecule has 84 valence electrons. The number of carbonyl (C=O) groups is 1. The highest BCUT2D eigenvalue weighted by atomic mass is 35.5. The predicted molar refractivity (Wildman–Crippen MR) is 63.9 cm³/mol. The van der Waals surface area contributed by atoms with Crippen LogP contribution < -0.4 is 10.2 Å². The summed E-state index contributed by atoms with van der Waals surface area (Å²) in [4.78, 5) is 14.0. The molecular formula is C12H13ClN2O. The molecule has 0 aromatic heterocycles. The van der Waals surface area contributed by atoms with Crippen LogP contribution in [-0.4, -0.2) is 25.0 Å². The Morgan fingerprint density at radius 2 is 2.31 bits per heavy atom. The van der Waals surface area contributed by atoms with Gasteiger partial charge in [0.05, 0.1) is 0 Å². The third-order valence-corrected chi connectivity index (χ3v) is 3.56. The maximum absolute atomic E-state index is 11.9. The van der Waals surface area contributed by atoms with Gasteiger partial charge in [0, 0.05) is 30.2 Å². The molecule has 3 nitrogen and oxygen atoms in total. The van der Waals surface area contributed by atoms with Gasteiger partial charge in [-0.05, 0) is 24.1 Å². The van der Waals surface area contributed by atoms with Crippen LogP contribution in [-0.2, 0) is 11.2 Å². The van der Waals surface area contributed by atoms with Gasteiger partial charge >= 0.3 is 0 Å². The molecule has 0 aliphatic carbocycles. The first-order chi connectivity index (χ1) is 7.75. The number of nitrogens with one attached hydrogen (secondary N) is 1. The first-order valence-electron chi connectivity index (χ1n) is 5.58. The quantitative estimate of drug-likeness (QED) is 0.742. The van der Waals surface area contributed by atoms with Gasteiger partial charge in [0.2, 0.25) is 5.91 Å². The van der Waals surface area contributed by atoms with E-state index in [1.54, 1.807) is 0 Å². The van der Waals surface area contributed by atoms with Gasteiger partial charge in [0.15, 0.2) is 0 Å². The lowest BCUT2D eigenvalue weighted by Gasteiger charge is -2.23. The average Bonchev–Trinajstić information content (AvgIpc) is 2.52. The maximum Gasteiger partial charge on any atom is 0.243 e. The van der Waals surface area contributed by atoms with Crippen molar-refractivity contribution in [2.45, 2.75) is 18.9 Å². The molecule has 1 aromatic rings. The minimum atomic E-state index is -0.0315. The molecule has 3 rings (SSSR count). The predicted octanol–water partition coefficient (Wildman–Crippen LogP) is 1.59. The molecule has 1 aromatic carbocycles. The van der Waals surface area contributed by atoms with Crippen LogP contribution in [0.2, 0.25) is 5.02 Å². The Morgan fingerprint density at radius 3 is 3.19 bits per heavy atom. The lowest BCUT2D eigenvalue weighted by Crippen LogP contribution is -2.42. The summed E-state index contributed by atoms with van der Waals surface area (Å²) in [5.41, 5.74) is 2.36. The van der Waals surface area contributed by atoms with Crippen LogP contribution in [0.1, 0.15) is 12.0 Å². The Morgan fingerprint density at radius 1 is 1.44 bits per heavy atom. The lowest BCUT2D eigenvalue weighted by molar-refractivity contribution is -0.121. The summed E-state index contributed by atoms with van der Waals surface area (Å²) in [6.45, 7) is 1.71. The Labute approximate surface area is 99.4 Å². The van der Waals surface area contributed by atoms with Crippen LogP contribution in [0.15, 0.2) is 18.2 Å². The Hall–Kier alpha value is -1.22. The summed E-state index contributed by atoms with van der Waals surface area (Å²) in [7, 11) is 0. The summed E-state index contributed by atoms with van der Waals surface area (Å²) in [5.74, 6) is 0.143. The topological polar surface area (TPSA) is 32.3 Å². The van der Waals surface area contributed by atoms with Gasteiger partial charge in [-0.15, -0.1) is 0 Å². The van der Waals surface area contributed by atoms with Gasteiger partial charge in [0.25, 0.3) is 0 Å². The molecule has 0 bridgehead atoms. The molecule has 1 N–H and O–H groups in total. The highest BCUT2D eigenvalue weighted by molar-refractivity contribution is 6.30. The number of halogens is 1. The van der Waals surface area contributed by atoms with Crippen LogP contribution in [0, 0.1) is 0 Å². The van der Waals surface area contributed by atoms with Crippen molar-refractivity contribution in [1.29, 1.82) is 0 Å². The summed E-state index contributed by atoms with van der Waals surface area (Å²) in [6.07, 6.45) is 1.80. The minimum absolute atomic E-state index is 0.0315. The SMILES string of the molecule is O=C1NCCCN2c3cc(Cl)ccc3CC12. The summed E-state index contributed by atoms with van der Waals surface area (Å²) >= 11 is 6.00. The van der Waals surface area contributed by atoms with Crippen molar-refractivity contribution < 1.29 is 4.79 Å². The maximum atomic E-state index is 11.9. The third-order valence-electron chi connectivity index (χ3n) is 3.32. The molecule has 2 heterocycles. The molecule has 0 spiro atoms. The van der Waals surface area contributed by atoms with Crippen LogP contribution in [0.5, 0.6) is 0 Å². The van der Waals surface area contributed by atoms with Gasteiger partial charge in [-0.25, -0.2) is 0 Å². The Bertz CT molecular complexity index is 447. The van der Waals surface area contributed by atoms with E-state index in [1.165, 1.54) is 5.56 Å². The number of carbonyl (C=O) groups excluding carboxylic acids is 1. The van der Waals surface area contributed by atoms with Gasteiger partial charge < -0.3 is 10.2 Å². The molecule has 1 atom stereocenters. The van der Waals surface area contributed by atoms with Crippen molar-refractivity contribution in [3.05, 3.63) is 28.8 Å². The molecule has 0 saturated carbocycles. The molecule has 1 amide bonds. The summed E-state index contributed by atoms with van der Waals surface area (Å²) < 4.78 is 0. The molecule has 4 heteroatoms. The normalized spacial score (nSPS) is 23.4. The van der Waals surface area contributed by atoms with E-state index in [0.29, 0.717) is 0 Å². The molecule has 2 aliphatic heterocycles. The van der Waals surface area contributed by atoms with E-state index in [1.807, 2.05) is 18.2 Å². The Balaban J connectivity index is 2.02. The van der Waals surface area contributed by atoms with Crippen molar-refractivity contribution in [3.63, 3.8) is 0 Å². The van der Waals surface area contributed by atoms with Crippen molar-refractivity contribution in [2.24, 2.45) is 0 Å². The molecule has 1 saturated heterocycles. The number of hydrogen-bond donors (Lipinski definition) is 1. The summed E-state index contributed by atoms with van der Waals surface area (Å²) in [5, 5.41) is 3.69. The van der Waals surface area contributed by atoms with Crippen molar-refractivity contribution >= 4 is 23.2 Å². The van der Waals surface area contributed by atoms with Gasteiger partial charge in [-0.1, -0.05) is 17.7 Å². The number of amides is 1. The number of rotatable bonds is 0. The number of anilines is 1. The molecule has 1 fully saturated rings. The minimum Gasteiger partial charge on any atom is -0.359 e. The first-order valence-corrected chi connectivity index (χ1v) is 5.96. The molecule has 0 radical (unpaired) electrons. The standard InChI is InChI=1S/C12H13ClN2O/c13-9-3-2-8-6-11-12(16)14-4-1-5-15(11)10(8)7-9/h2-3,7,11H,1,4-6H2,(H,14,16). The van der Waals surface area contributed by atoms with Crippen molar-refractivity contribution in [2.75, 3.05) is 18.0 Å². The fraction of sp³-hybridized carbons (Fsp3) is 0.417.